The minimum atomic E-state index is -0.0381. The zero-order valence-electron chi connectivity index (χ0n) is 19.6. The largest absolute Gasteiger partial charge is 0.493 e. The van der Waals surface area contributed by atoms with Crippen molar-refractivity contribution in [3.8, 4) is 5.75 Å². The lowest BCUT2D eigenvalue weighted by Gasteiger charge is -2.39. The minimum absolute atomic E-state index is 0.0381. The summed E-state index contributed by atoms with van der Waals surface area (Å²) in [4.78, 5) is 23.8. The Morgan fingerprint density at radius 2 is 1.77 bits per heavy atom. The van der Waals surface area contributed by atoms with E-state index in [2.05, 4.69) is 53.0 Å². The Labute approximate surface area is 187 Å². The fourth-order valence-corrected chi connectivity index (χ4v) is 4.20. The average Bonchev–Trinajstić information content (AvgIpc) is 3.33. The van der Waals surface area contributed by atoms with E-state index in [9.17, 15) is 4.79 Å². The summed E-state index contributed by atoms with van der Waals surface area (Å²) in [5, 5.41) is 3.49. The molecule has 0 bridgehead atoms. The van der Waals surface area contributed by atoms with Crippen molar-refractivity contribution in [2.24, 2.45) is 10.9 Å². The molecular weight excluding hydrogens is 390 g/mol. The lowest BCUT2D eigenvalue weighted by atomic mass is 10.2. The molecule has 1 atom stereocenters. The quantitative estimate of drug-likeness (QED) is 0.533. The number of nitrogens with one attached hydrogen (secondary N) is 1. The van der Waals surface area contributed by atoms with E-state index >= 15 is 0 Å². The summed E-state index contributed by atoms with van der Waals surface area (Å²) < 4.78 is 5.84. The van der Waals surface area contributed by atoms with Crippen LogP contribution in [0.5, 0.6) is 5.75 Å². The van der Waals surface area contributed by atoms with Crippen molar-refractivity contribution in [1.29, 1.82) is 0 Å². The Hall–Kier alpha value is -2.28. The van der Waals surface area contributed by atoms with Gasteiger partial charge in [-0.25, -0.2) is 0 Å². The maximum atomic E-state index is 12.7. The van der Waals surface area contributed by atoms with E-state index < -0.39 is 0 Å². The second-order valence-electron chi connectivity index (χ2n) is 8.98. The van der Waals surface area contributed by atoms with Crippen LogP contribution in [0.15, 0.2) is 29.3 Å². The van der Waals surface area contributed by atoms with Crippen molar-refractivity contribution in [2.45, 2.75) is 46.2 Å². The summed E-state index contributed by atoms with van der Waals surface area (Å²) in [6.07, 6.45) is 2.28. The van der Waals surface area contributed by atoms with E-state index in [1.54, 1.807) is 0 Å². The van der Waals surface area contributed by atoms with Gasteiger partial charge in [0.15, 0.2) is 5.96 Å². The van der Waals surface area contributed by atoms with Crippen molar-refractivity contribution in [3.63, 3.8) is 0 Å². The van der Waals surface area contributed by atoms with Gasteiger partial charge < -0.3 is 19.9 Å². The van der Waals surface area contributed by atoms with Crippen LogP contribution in [0.4, 0.5) is 0 Å². The smallest absolute Gasteiger partial charge is 0.239 e. The number of likely N-dealkylation sites (tertiary alicyclic amines) is 1. The first kappa shape index (κ1) is 23.4. The predicted molar refractivity (Wildman–Crippen MR) is 125 cm³/mol. The first-order valence-electron chi connectivity index (χ1n) is 11.7. The third-order valence-electron chi connectivity index (χ3n) is 6.08. The van der Waals surface area contributed by atoms with Crippen LogP contribution in [0, 0.1) is 5.92 Å². The van der Waals surface area contributed by atoms with Gasteiger partial charge >= 0.3 is 0 Å². The summed E-state index contributed by atoms with van der Waals surface area (Å²) in [6.45, 7) is 13.1. The topological polar surface area (TPSA) is 60.4 Å². The lowest BCUT2D eigenvalue weighted by molar-refractivity contribution is -0.135. The molecule has 31 heavy (non-hydrogen) atoms. The van der Waals surface area contributed by atoms with Gasteiger partial charge in [0.05, 0.1) is 12.6 Å². The van der Waals surface area contributed by atoms with E-state index in [1.807, 2.05) is 24.1 Å². The van der Waals surface area contributed by atoms with E-state index in [0.717, 1.165) is 70.4 Å². The molecule has 172 valence electrons. The Kier molecular flexibility index (Phi) is 8.58. The summed E-state index contributed by atoms with van der Waals surface area (Å²) in [5.41, 5.74) is 1.17. The molecule has 7 nitrogen and oxygen atoms in total. The van der Waals surface area contributed by atoms with Gasteiger partial charge in [0.1, 0.15) is 5.75 Å². The highest BCUT2D eigenvalue weighted by Crippen LogP contribution is 2.16. The number of benzene rings is 1. The molecule has 0 aromatic heterocycles. The minimum Gasteiger partial charge on any atom is -0.493 e. The van der Waals surface area contributed by atoms with E-state index in [1.165, 1.54) is 5.56 Å². The van der Waals surface area contributed by atoms with Crippen molar-refractivity contribution >= 4 is 11.9 Å². The van der Waals surface area contributed by atoms with Crippen LogP contribution >= 0.6 is 0 Å². The van der Waals surface area contributed by atoms with Crippen LogP contribution in [-0.4, -0.2) is 85.5 Å². The number of ether oxygens (including phenoxy) is 1. The van der Waals surface area contributed by atoms with Crippen LogP contribution in [0.25, 0.3) is 0 Å². The SMILES string of the molecule is CN=C(NCc1cccc(OCC(C)C)c1)N1CCN(C(C)C(=O)N2CCCC2)CC1. The van der Waals surface area contributed by atoms with Crippen molar-refractivity contribution in [1.82, 2.24) is 20.0 Å². The molecule has 1 N–H and O–H groups in total. The number of rotatable bonds is 7. The normalized spacial score (nSPS) is 19.1. The molecule has 3 rings (SSSR count). The lowest BCUT2D eigenvalue weighted by Crippen LogP contribution is -2.57. The molecule has 0 saturated carbocycles. The Bertz CT molecular complexity index is 737. The number of guanidine groups is 1. The fourth-order valence-electron chi connectivity index (χ4n) is 4.20. The Balaban J connectivity index is 1.47. The number of hydrogen-bond donors (Lipinski definition) is 1. The second-order valence-corrected chi connectivity index (χ2v) is 8.98. The van der Waals surface area contributed by atoms with E-state index in [4.69, 9.17) is 4.74 Å². The first-order valence-corrected chi connectivity index (χ1v) is 11.7. The van der Waals surface area contributed by atoms with Gasteiger partial charge in [-0.05, 0) is 43.4 Å². The molecule has 7 heteroatoms. The molecule has 2 fully saturated rings. The summed E-state index contributed by atoms with van der Waals surface area (Å²) in [5.74, 6) is 2.61. The maximum Gasteiger partial charge on any atom is 0.239 e. The van der Waals surface area contributed by atoms with Crippen molar-refractivity contribution < 1.29 is 9.53 Å². The third-order valence-corrected chi connectivity index (χ3v) is 6.08. The van der Waals surface area contributed by atoms with E-state index in [-0.39, 0.29) is 11.9 Å². The average molecular weight is 430 g/mol. The van der Waals surface area contributed by atoms with Crippen LogP contribution in [0.1, 0.15) is 39.2 Å². The zero-order valence-corrected chi connectivity index (χ0v) is 19.6. The molecule has 2 aliphatic rings. The predicted octanol–water partition coefficient (Wildman–Crippen LogP) is 2.43. The van der Waals surface area contributed by atoms with Crippen LogP contribution in [0.2, 0.25) is 0 Å². The van der Waals surface area contributed by atoms with Crippen LogP contribution < -0.4 is 10.1 Å². The van der Waals surface area contributed by atoms with Gasteiger partial charge in [-0.2, -0.15) is 0 Å². The molecule has 2 heterocycles. The Morgan fingerprint density at radius 1 is 1.06 bits per heavy atom. The number of carbonyl (C=O) groups is 1. The van der Waals surface area contributed by atoms with Gasteiger partial charge in [0.25, 0.3) is 0 Å². The molecule has 1 aromatic carbocycles. The highest BCUT2D eigenvalue weighted by atomic mass is 16.5. The summed E-state index contributed by atoms with van der Waals surface area (Å²) in [7, 11) is 1.83. The van der Waals surface area contributed by atoms with Gasteiger partial charge in [0.2, 0.25) is 5.91 Å². The number of nitrogens with zero attached hydrogens (tertiary/aromatic N) is 4. The number of carbonyl (C=O) groups excluding carboxylic acids is 1. The molecular formula is C24H39N5O2. The number of aliphatic imine (C=N–C) groups is 1. The third kappa shape index (κ3) is 6.60. The molecule has 0 aliphatic carbocycles. The van der Waals surface area contributed by atoms with Gasteiger partial charge in [0, 0.05) is 52.9 Å². The first-order chi connectivity index (χ1) is 15.0. The van der Waals surface area contributed by atoms with Crippen LogP contribution in [0.3, 0.4) is 0 Å². The molecule has 1 unspecified atom stereocenters. The van der Waals surface area contributed by atoms with Crippen LogP contribution in [-0.2, 0) is 11.3 Å². The molecule has 2 aliphatic heterocycles. The highest BCUT2D eigenvalue weighted by Gasteiger charge is 2.30. The van der Waals surface area contributed by atoms with Gasteiger partial charge in [-0.15, -0.1) is 0 Å². The molecule has 0 spiro atoms. The monoisotopic (exact) mass is 429 g/mol. The molecule has 0 radical (unpaired) electrons. The molecule has 2 saturated heterocycles. The van der Waals surface area contributed by atoms with Crippen molar-refractivity contribution in [2.75, 3.05) is 52.9 Å². The zero-order chi connectivity index (χ0) is 22.2. The number of amides is 1. The van der Waals surface area contributed by atoms with Gasteiger partial charge in [-0.1, -0.05) is 26.0 Å². The molecule has 1 amide bonds. The molecule has 1 aromatic rings. The number of piperazine rings is 1. The fraction of sp³-hybridized carbons (Fsp3) is 0.667. The summed E-state index contributed by atoms with van der Waals surface area (Å²) >= 11 is 0. The maximum absolute atomic E-state index is 12.7. The number of hydrogen-bond acceptors (Lipinski definition) is 4. The Morgan fingerprint density at radius 3 is 2.42 bits per heavy atom. The standard InChI is InChI=1S/C24H39N5O2/c1-19(2)18-31-22-9-7-8-21(16-22)17-26-24(25-4)29-14-12-27(13-15-29)20(3)23(30)28-10-5-6-11-28/h7-9,16,19-20H,5-6,10-15,17-18H2,1-4H3,(H,25,26). The van der Waals surface area contributed by atoms with Crippen molar-refractivity contribution in [3.05, 3.63) is 29.8 Å². The second kappa shape index (κ2) is 11.4. The highest BCUT2D eigenvalue weighted by molar-refractivity contribution is 5.82. The van der Waals surface area contributed by atoms with E-state index in [0.29, 0.717) is 12.5 Å². The summed E-state index contributed by atoms with van der Waals surface area (Å²) in [6, 6.07) is 8.19. The van der Waals surface area contributed by atoms with Gasteiger partial charge in [-0.3, -0.25) is 14.7 Å².